The molecular weight excluding hydrogens is 280 g/mol. The van der Waals surface area contributed by atoms with Crippen LogP contribution < -0.4 is 4.72 Å². The molecule has 20 heavy (non-hydrogen) atoms. The molecule has 0 radical (unpaired) electrons. The van der Waals surface area contributed by atoms with Crippen LogP contribution in [0, 0.1) is 5.92 Å². The first-order valence-electron chi connectivity index (χ1n) is 6.50. The molecule has 0 saturated carbocycles. The Labute approximate surface area is 118 Å². The van der Waals surface area contributed by atoms with Gasteiger partial charge in [0, 0.05) is 19.6 Å². The molecule has 1 fully saturated rings. The first-order valence-corrected chi connectivity index (χ1v) is 7.94. The molecule has 6 nitrogen and oxygen atoms in total. The third kappa shape index (κ3) is 3.78. The average Bonchev–Trinajstić information content (AvgIpc) is 2.46. The van der Waals surface area contributed by atoms with Crippen LogP contribution in [0.15, 0.2) is 30.3 Å². The van der Waals surface area contributed by atoms with Crippen molar-refractivity contribution in [3.05, 3.63) is 35.9 Å². The number of piperidine rings is 1. The molecular formula is C13H18N2O4S. The van der Waals surface area contributed by atoms with E-state index in [4.69, 9.17) is 5.11 Å². The number of carboxylic acid groups (broad SMARTS) is 1. The Morgan fingerprint density at radius 2 is 1.85 bits per heavy atom. The highest BCUT2D eigenvalue weighted by molar-refractivity contribution is 7.87. The van der Waals surface area contributed by atoms with E-state index in [-0.39, 0.29) is 19.6 Å². The molecule has 1 aliphatic heterocycles. The van der Waals surface area contributed by atoms with Gasteiger partial charge < -0.3 is 5.11 Å². The molecule has 0 aromatic heterocycles. The number of benzene rings is 1. The third-order valence-corrected chi connectivity index (χ3v) is 5.00. The van der Waals surface area contributed by atoms with Gasteiger partial charge in [0.2, 0.25) is 0 Å². The monoisotopic (exact) mass is 298 g/mol. The van der Waals surface area contributed by atoms with Crippen LogP contribution in [-0.4, -0.2) is 36.9 Å². The summed E-state index contributed by atoms with van der Waals surface area (Å²) in [7, 11) is -3.54. The molecule has 0 bridgehead atoms. The lowest BCUT2D eigenvalue weighted by Crippen LogP contribution is -2.45. The summed E-state index contributed by atoms with van der Waals surface area (Å²) in [5, 5.41) is 8.90. The van der Waals surface area contributed by atoms with Gasteiger partial charge in [-0.1, -0.05) is 30.3 Å². The average molecular weight is 298 g/mol. The number of carboxylic acids is 1. The molecule has 1 saturated heterocycles. The zero-order chi connectivity index (χ0) is 14.6. The summed E-state index contributed by atoms with van der Waals surface area (Å²) >= 11 is 0. The highest BCUT2D eigenvalue weighted by Crippen LogP contribution is 2.19. The van der Waals surface area contributed by atoms with Crippen LogP contribution >= 0.6 is 0 Å². The summed E-state index contributed by atoms with van der Waals surface area (Å²) in [5.41, 5.74) is 0.886. The lowest BCUT2D eigenvalue weighted by molar-refractivity contribution is -0.142. The second kappa shape index (κ2) is 6.34. The summed E-state index contributed by atoms with van der Waals surface area (Å²) in [6.07, 6.45) is 0.725. The molecule has 7 heteroatoms. The Morgan fingerprint density at radius 3 is 2.40 bits per heavy atom. The fraction of sp³-hybridized carbons (Fsp3) is 0.462. The minimum atomic E-state index is -3.54. The Bertz CT molecular complexity index is 551. The fourth-order valence-electron chi connectivity index (χ4n) is 2.20. The van der Waals surface area contributed by atoms with E-state index in [1.807, 2.05) is 30.3 Å². The van der Waals surface area contributed by atoms with Gasteiger partial charge in [0.1, 0.15) is 0 Å². The first kappa shape index (κ1) is 15.0. The number of aliphatic carboxylic acids is 1. The van der Waals surface area contributed by atoms with Crippen LogP contribution in [0.25, 0.3) is 0 Å². The lowest BCUT2D eigenvalue weighted by atomic mass is 9.99. The number of nitrogens with one attached hydrogen (secondary N) is 1. The molecule has 0 unspecified atom stereocenters. The number of hydrogen-bond acceptors (Lipinski definition) is 3. The van der Waals surface area contributed by atoms with Gasteiger partial charge in [-0.25, -0.2) is 0 Å². The van der Waals surface area contributed by atoms with E-state index < -0.39 is 22.1 Å². The third-order valence-electron chi connectivity index (χ3n) is 3.44. The molecule has 1 heterocycles. The minimum absolute atomic E-state index is 0.238. The van der Waals surface area contributed by atoms with Crippen LogP contribution in [0.1, 0.15) is 18.4 Å². The molecule has 110 valence electrons. The van der Waals surface area contributed by atoms with Gasteiger partial charge >= 0.3 is 5.97 Å². The highest BCUT2D eigenvalue weighted by atomic mass is 32.2. The number of rotatable bonds is 5. The maximum atomic E-state index is 12.1. The Hall–Kier alpha value is -1.44. The van der Waals surface area contributed by atoms with Crippen molar-refractivity contribution in [2.45, 2.75) is 19.4 Å². The summed E-state index contributed by atoms with van der Waals surface area (Å²) in [5.74, 6) is -1.28. The molecule has 0 spiro atoms. The topological polar surface area (TPSA) is 86.7 Å². The number of nitrogens with zero attached hydrogens (tertiary/aromatic N) is 1. The molecule has 1 aromatic rings. The van der Waals surface area contributed by atoms with E-state index in [0.29, 0.717) is 12.8 Å². The van der Waals surface area contributed by atoms with E-state index >= 15 is 0 Å². The fourth-order valence-corrected chi connectivity index (χ4v) is 3.43. The molecule has 0 amide bonds. The van der Waals surface area contributed by atoms with Crippen molar-refractivity contribution >= 4 is 16.2 Å². The largest absolute Gasteiger partial charge is 0.481 e. The van der Waals surface area contributed by atoms with Crippen LogP contribution in [0.5, 0.6) is 0 Å². The molecule has 2 N–H and O–H groups in total. The van der Waals surface area contributed by atoms with Gasteiger partial charge in [-0.05, 0) is 18.4 Å². The maximum absolute atomic E-state index is 12.1. The van der Waals surface area contributed by atoms with Crippen molar-refractivity contribution in [2.24, 2.45) is 5.92 Å². The van der Waals surface area contributed by atoms with Gasteiger partial charge in [0.05, 0.1) is 5.92 Å². The number of hydrogen-bond donors (Lipinski definition) is 2. The first-order chi connectivity index (χ1) is 9.49. The standard InChI is InChI=1S/C13H18N2O4S/c16-13(17)12-6-8-15(9-7-12)20(18,19)14-10-11-4-2-1-3-5-11/h1-5,12,14H,6-10H2,(H,16,17). The zero-order valence-electron chi connectivity index (χ0n) is 11.0. The Morgan fingerprint density at radius 1 is 1.25 bits per heavy atom. The van der Waals surface area contributed by atoms with Crippen molar-refractivity contribution < 1.29 is 18.3 Å². The predicted octanol–water partition coefficient (Wildman–Crippen LogP) is 0.818. The van der Waals surface area contributed by atoms with Crippen LogP contribution in [0.4, 0.5) is 0 Å². The Balaban J connectivity index is 1.90. The molecule has 0 atom stereocenters. The summed E-state index contributed by atoms with van der Waals surface area (Å²) in [6.45, 7) is 0.740. The molecule has 2 rings (SSSR count). The number of carbonyl (C=O) groups is 1. The smallest absolute Gasteiger partial charge is 0.306 e. The van der Waals surface area contributed by atoms with E-state index in [1.54, 1.807) is 0 Å². The van der Waals surface area contributed by atoms with E-state index in [0.717, 1.165) is 5.56 Å². The van der Waals surface area contributed by atoms with Gasteiger partial charge in [0.25, 0.3) is 10.2 Å². The van der Waals surface area contributed by atoms with Crippen LogP contribution in [-0.2, 0) is 21.5 Å². The lowest BCUT2D eigenvalue weighted by Gasteiger charge is -2.29. The molecule has 0 aliphatic carbocycles. The van der Waals surface area contributed by atoms with Crippen molar-refractivity contribution in [3.8, 4) is 0 Å². The van der Waals surface area contributed by atoms with Gasteiger partial charge in [-0.3, -0.25) is 4.79 Å². The van der Waals surface area contributed by atoms with Crippen molar-refractivity contribution in [1.82, 2.24) is 9.03 Å². The normalized spacial score (nSPS) is 18.0. The Kier molecular flexibility index (Phi) is 4.74. The summed E-state index contributed by atoms with van der Waals surface area (Å²) < 4.78 is 28.1. The second-order valence-electron chi connectivity index (χ2n) is 4.82. The molecule has 1 aliphatic rings. The van der Waals surface area contributed by atoms with Gasteiger partial charge in [-0.2, -0.15) is 17.4 Å². The second-order valence-corrected chi connectivity index (χ2v) is 6.58. The van der Waals surface area contributed by atoms with E-state index in [9.17, 15) is 13.2 Å². The zero-order valence-corrected chi connectivity index (χ0v) is 11.8. The van der Waals surface area contributed by atoms with Crippen molar-refractivity contribution in [1.29, 1.82) is 0 Å². The van der Waals surface area contributed by atoms with E-state index in [2.05, 4.69) is 4.72 Å². The van der Waals surface area contributed by atoms with Gasteiger partial charge in [-0.15, -0.1) is 0 Å². The van der Waals surface area contributed by atoms with Gasteiger partial charge in [0.15, 0.2) is 0 Å². The van der Waals surface area contributed by atoms with Crippen molar-refractivity contribution in [3.63, 3.8) is 0 Å². The minimum Gasteiger partial charge on any atom is -0.481 e. The van der Waals surface area contributed by atoms with Crippen molar-refractivity contribution in [2.75, 3.05) is 13.1 Å². The van der Waals surface area contributed by atoms with Crippen LogP contribution in [0.3, 0.4) is 0 Å². The predicted molar refractivity (Wildman–Crippen MR) is 74.1 cm³/mol. The maximum Gasteiger partial charge on any atom is 0.306 e. The molecule has 1 aromatic carbocycles. The van der Waals surface area contributed by atoms with Crippen LogP contribution in [0.2, 0.25) is 0 Å². The quantitative estimate of drug-likeness (QED) is 0.842. The van der Waals surface area contributed by atoms with E-state index in [1.165, 1.54) is 4.31 Å². The SMILES string of the molecule is O=C(O)C1CCN(S(=O)(=O)NCc2ccccc2)CC1. The highest BCUT2D eigenvalue weighted by Gasteiger charge is 2.30. The summed E-state index contributed by atoms with van der Waals surface area (Å²) in [6, 6.07) is 9.26. The summed E-state index contributed by atoms with van der Waals surface area (Å²) in [4.78, 5) is 10.8.